The summed E-state index contributed by atoms with van der Waals surface area (Å²) in [4.78, 5) is 37.5. The van der Waals surface area contributed by atoms with Gasteiger partial charge in [-0.15, -0.1) is 0 Å². The molecule has 1 fully saturated rings. The standard InChI is InChI=1S/C22H23F3N6O2/c1-12(23)18-22(33)29-19-14(27-18)4-3-13(17(19)24)11-30-7-9-31(10-8-30)16-6-5-15(21(32)26-2)28-20(16)25/h3-6,12H,7-11H2,1-2H3,(H,26,32)(H,29,33). The number of anilines is 1. The van der Waals surface area contributed by atoms with Crippen LogP contribution in [0.2, 0.25) is 0 Å². The van der Waals surface area contributed by atoms with Gasteiger partial charge in [-0.2, -0.15) is 4.39 Å². The number of aromatic amines is 1. The third-order valence-electron chi connectivity index (χ3n) is 5.68. The Morgan fingerprint density at radius 3 is 2.52 bits per heavy atom. The molecule has 4 rings (SSSR count). The number of nitrogens with one attached hydrogen (secondary N) is 2. The Labute approximate surface area is 187 Å². The highest BCUT2D eigenvalue weighted by Crippen LogP contribution is 2.23. The number of hydrogen-bond acceptors (Lipinski definition) is 6. The molecule has 3 aromatic rings. The SMILES string of the molecule is CNC(=O)c1ccc(N2CCN(Cc3ccc4nc(C(C)F)c(=O)[nH]c4c3F)CC2)c(F)n1. The Bertz CT molecular complexity index is 1250. The van der Waals surface area contributed by atoms with Crippen LogP contribution in [0.15, 0.2) is 29.1 Å². The van der Waals surface area contributed by atoms with E-state index in [-0.39, 0.29) is 29.0 Å². The van der Waals surface area contributed by atoms with E-state index in [4.69, 9.17) is 0 Å². The molecule has 0 radical (unpaired) electrons. The molecule has 2 N–H and O–H groups in total. The maximum atomic E-state index is 15.0. The number of amides is 1. The summed E-state index contributed by atoms with van der Waals surface area (Å²) in [7, 11) is 1.45. The third kappa shape index (κ3) is 4.54. The van der Waals surface area contributed by atoms with Gasteiger partial charge in [0.15, 0.2) is 5.82 Å². The second-order valence-corrected chi connectivity index (χ2v) is 7.85. The minimum Gasteiger partial charge on any atom is -0.365 e. The molecular weight excluding hydrogens is 437 g/mol. The van der Waals surface area contributed by atoms with E-state index in [1.165, 1.54) is 26.1 Å². The van der Waals surface area contributed by atoms with E-state index >= 15 is 4.39 Å². The molecule has 8 nitrogen and oxygen atoms in total. The Hall–Kier alpha value is -3.47. The largest absolute Gasteiger partial charge is 0.365 e. The first-order valence-corrected chi connectivity index (χ1v) is 10.5. The third-order valence-corrected chi connectivity index (χ3v) is 5.68. The molecule has 1 amide bonds. The number of H-pyrrole nitrogens is 1. The van der Waals surface area contributed by atoms with Crippen molar-refractivity contribution in [3.63, 3.8) is 0 Å². The van der Waals surface area contributed by atoms with Gasteiger partial charge in [0, 0.05) is 45.3 Å². The van der Waals surface area contributed by atoms with Gasteiger partial charge in [0.1, 0.15) is 23.1 Å². The van der Waals surface area contributed by atoms with E-state index in [0.29, 0.717) is 37.4 Å². The summed E-state index contributed by atoms with van der Waals surface area (Å²) in [5.41, 5.74) is -0.216. The van der Waals surface area contributed by atoms with Crippen molar-refractivity contribution in [1.29, 1.82) is 0 Å². The molecule has 0 saturated carbocycles. The summed E-state index contributed by atoms with van der Waals surface area (Å²) in [6.07, 6.45) is -1.56. The monoisotopic (exact) mass is 460 g/mol. The number of nitrogens with zero attached hydrogens (tertiary/aromatic N) is 4. The average molecular weight is 460 g/mol. The van der Waals surface area contributed by atoms with E-state index in [1.807, 2.05) is 9.80 Å². The number of carbonyl (C=O) groups is 1. The van der Waals surface area contributed by atoms with E-state index in [2.05, 4.69) is 20.3 Å². The lowest BCUT2D eigenvalue weighted by Crippen LogP contribution is -2.46. The minimum atomic E-state index is -1.56. The van der Waals surface area contributed by atoms with Gasteiger partial charge in [0.2, 0.25) is 5.95 Å². The molecule has 0 spiro atoms. The molecule has 1 atom stereocenters. The molecule has 1 unspecified atom stereocenters. The van der Waals surface area contributed by atoms with Gasteiger partial charge in [-0.05, 0) is 25.1 Å². The van der Waals surface area contributed by atoms with Crippen LogP contribution in [0.1, 0.15) is 34.8 Å². The second kappa shape index (κ2) is 9.18. The number of fused-ring (bicyclic) bond motifs is 1. The molecule has 1 aliphatic heterocycles. The Morgan fingerprint density at radius 1 is 1.15 bits per heavy atom. The number of pyridine rings is 1. The number of halogens is 3. The second-order valence-electron chi connectivity index (χ2n) is 7.85. The van der Waals surface area contributed by atoms with Gasteiger partial charge >= 0.3 is 0 Å². The number of piperazine rings is 1. The van der Waals surface area contributed by atoms with Crippen molar-refractivity contribution in [3.8, 4) is 0 Å². The van der Waals surface area contributed by atoms with Crippen LogP contribution in [0, 0.1) is 11.8 Å². The zero-order valence-electron chi connectivity index (χ0n) is 18.2. The molecule has 0 aliphatic carbocycles. The van der Waals surface area contributed by atoms with Crippen LogP contribution in [0.5, 0.6) is 0 Å². The fourth-order valence-corrected chi connectivity index (χ4v) is 3.88. The normalized spacial score (nSPS) is 15.6. The molecule has 1 aliphatic rings. The zero-order valence-corrected chi connectivity index (χ0v) is 18.2. The molecule has 1 aromatic carbocycles. The van der Waals surface area contributed by atoms with Gasteiger partial charge in [0.25, 0.3) is 11.5 Å². The van der Waals surface area contributed by atoms with Gasteiger partial charge in [-0.3, -0.25) is 14.5 Å². The summed E-state index contributed by atoms with van der Waals surface area (Å²) in [6, 6.07) is 6.13. The van der Waals surface area contributed by atoms with E-state index in [9.17, 15) is 18.4 Å². The number of benzene rings is 1. The smallest absolute Gasteiger partial charge is 0.273 e. The van der Waals surface area contributed by atoms with Crippen molar-refractivity contribution in [1.82, 2.24) is 25.2 Å². The molecule has 0 bridgehead atoms. The van der Waals surface area contributed by atoms with Crippen LogP contribution in [0.25, 0.3) is 11.0 Å². The zero-order chi connectivity index (χ0) is 23.7. The highest BCUT2D eigenvalue weighted by Gasteiger charge is 2.23. The highest BCUT2D eigenvalue weighted by atomic mass is 19.1. The van der Waals surface area contributed by atoms with Crippen molar-refractivity contribution >= 4 is 22.6 Å². The Balaban J connectivity index is 1.46. The van der Waals surface area contributed by atoms with Gasteiger partial charge < -0.3 is 15.2 Å². The molecule has 174 valence electrons. The van der Waals surface area contributed by atoms with Crippen molar-refractivity contribution in [2.45, 2.75) is 19.6 Å². The maximum Gasteiger partial charge on any atom is 0.273 e. The summed E-state index contributed by atoms with van der Waals surface area (Å²) < 4.78 is 43.0. The van der Waals surface area contributed by atoms with E-state index in [1.54, 1.807) is 12.1 Å². The van der Waals surface area contributed by atoms with Crippen molar-refractivity contribution < 1.29 is 18.0 Å². The van der Waals surface area contributed by atoms with Crippen molar-refractivity contribution in [3.05, 3.63) is 63.3 Å². The van der Waals surface area contributed by atoms with Crippen LogP contribution in [-0.4, -0.2) is 59.0 Å². The quantitative estimate of drug-likeness (QED) is 0.568. The van der Waals surface area contributed by atoms with Crippen molar-refractivity contribution in [2.24, 2.45) is 0 Å². The summed E-state index contributed by atoms with van der Waals surface area (Å²) in [5.74, 6) is -1.78. The summed E-state index contributed by atoms with van der Waals surface area (Å²) >= 11 is 0. The lowest BCUT2D eigenvalue weighted by molar-refractivity contribution is 0.0957. The van der Waals surface area contributed by atoms with Crippen molar-refractivity contribution in [2.75, 3.05) is 38.1 Å². The fourth-order valence-electron chi connectivity index (χ4n) is 3.88. The Kier molecular flexibility index (Phi) is 6.32. The van der Waals surface area contributed by atoms with Crippen LogP contribution >= 0.6 is 0 Å². The molecule has 1 saturated heterocycles. The van der Waals surface area contributed by atoms with E-state index < -0.39 is 29.4 Å². The molecular formula is C22H23F3N6O2. The maximum absolute atomic E-state index is 15.0. The predicted octanol–water partition coefficient (Wildman–Crippen LogP) is 2.31. The minimum absolute atomic E-state index is 0.00443. The van der Waals surface area contributed by atoms with Gasteiger partial charge in [0.05, 0.1) is 11.2 Å². The molecule has 2 aromatic heterocycles. The van der Waals surface area contributed by atoms with Gasteiger partial charge in [-0.1, -0.05) is 6.07 Å². The van der Waals surface area contributed by atoms with Crippen LogP contribution in [0.4, 0.5) is 18.9 Å². The topological polar surface area (TPSA) is 94.2 Å². The molecule has 11 heteroatoms. The van der Waals surface area contributed by atoms with E-state index in [0.717, 1.165) is 0 Å². The number of aromatic nitrogens is 3. The highest BCUT2D eigenvalue weighted by molar-refractivity contribution is 5.92. The fraction of sp³-hybridized carbons (Fsp3) is 0.364. The lowest BCUT2D eigenvalue weighted by atomic mass is 10.1. The summed E-state index contributed by atoms with van der Waals surface area (Å²) in [5, 5.41) is 2.40. The number of alkyl halides is 1. The number of hydrogen-bond donors (Lipinski definition) is 2. The predicted molar refractivity (Wildman–Crippen MR) is 117 cm³/mol. The number of carbonyl (C=O) groups excluding carboxylic acids is 1. The van der Waals surface area contributed by atoms with Crippen LogP contribution in [-0.2, 0) is 6.54 Å². The Morgan fingerprint density at radius 2 is 1.88 bits per heavy atom. The first kappa shape index (κ1) is 22.7. The lowest BCUT2D eigenvalue weighted by Gasteiger charge is -2.36. The van der Waals surface area contributed by atoms with Crippen LogP contribution < -0.4 is 15.8 Å². The summed E-state index contributed by atoms with van der Waals surface area (Å²) in [6.45, 7) is 3.55. The molecule has 3 heterocycles. The van der Waals surface area contributed by atoms with Crippen LogP contribution in [0.3, 0.4) is 0 Å². The first-order chi connectivity index (χ1) is 15.8. The van der Waals surface area contributed by atoms with Gasteiger partial charge in [-0.25, -0.2) is 18.7 Å². The average Bonchev–Trinajstić information content (AvgIpc) is 2.81. The number of rotatable bonds is 5. The first-order valence-electron chi connectivity index (χ1n) is 10.5. The molecule has 33 heavy (non-hydrogen) atoms.